The maximum absolute atomic E-state index is 6.10. The van der Waals surface area contributed by atoms with Gasteiger partial charge in [0.05, 0.1) is 6.61 Å². The Balaban J connectivity index is 1.99. The van der Waals surface area contributed by atoms with Crippen LogP contribution >= 0.6 is 0 Å². The van der Waals surface area contributed by atoms with Crippen LogP contribution < -0.4 is 5.73 Å². The largest absolute Gasteiger partial charge is 0.380 e. The van der Waals surface area contributed by atoms with Crippen LogP contribution in [0.3, 0.4) is 0 Å². The Morgan fingerprint density at radius 2 is 2.13 bits per heavy atom. The van der Waals surface area contributed by atoms with Gasteiger partial charge in [0.2, 0.25) is 0 Å². The van der Waals surface area contributed by atoms with Crippen molar-refractivity contribution in [2.24, 2.45) is 11.7 Å². The number of nitrogens with two attached hydrogens (primary N) is 1. The molecular weight excluding hydrogens is 188 g/mol. The fraction of sp³-hybridized carbons (Fsp3) is 1.00. The predicted molar refractivity (Wildman–Crippen MR) is 63.9 cm³/mol. The molecule has 0 aliphatic heterocycles. The average molecular weight is 214 g/mol. The van der Waals surface area contributed by atoms with Gasteiger partial charge in [0.1, 0.15) is 0 Å². The summed E-state index contributed by atoms with van der Waals surface area (Å²) in [5.41, 5.74) is 6.03. The van der Waals surface area contributed by atoms with E-state index in [0.29, 0.717) is 0 Å². The van der Waals surface area contributed by atoms with Crippen molar-refractivity contribution >= 4 is 0 Å². The van der Waals surface area contributed by atoms with Crippen LogP contribution in [-0.4, -0.2) is 43.8 Å². The van der Waals surface area contributed by atoms with Crippen molar-refractivity contribution in [1.82, 2.24) is 4.90 Å². The minimum absolute atomic E-state index is 0.0642. The van der Waals surface area contributed by atoms with E-state index in [1.165, 1.54) is 12.8 Å². The van der Waals surface area contributed by atoms with Crippen molar-refractivity contribution in [2.75, 3.05) is 33.4 Å². The number of nitrogens with zero attached hydrogens (tertiary/aromatic N) is 1. The van der Waals surface area contributed by atoms with Gasteiger partial charge in [-0.1, -0.05) is 6.92 Å². The smallest absolute Gasteiger partial charge is 0.0593 e. The molecule has 0 radical (unpaired) electrons. The molecule has 0 spiro atoms. The monoisotopic (exact) mass is 214 g/mol. The lowest BCUT2D eigenvalue weighted by molar-refractivity contribution is 0.0975. The van der Waals surface area contributed by atoms with E-state index in [2.05, 4.69) is 25.8 Å². The van der Waals surface area contributed by atoms with Crippen LogP contribution in [0.1, 0.15) is 33.1 Å². The van der Waals surface area contributed by atoms with Crippen LogP contribution in [0.5, 0.6) is 0 Å². The van der Waals surface area contributed by atoms with Crippen molar-refractivity contribution in [3.63, 3.8) is 0 Å². The van der Waals surface area contributed by atoms with Gasteiger partial charge in [-0.25, -0.2) is 0 Å². The SMILES string of the molecule is CCC(C)(N)CN(C)CCOCC1CC1. The van der Waals surface area contributed by atoms with Gasteiger partial charge in [0.15, 0.2) is 0 Å². The molecular formula is C12H26N2O. The first-order valence-electron chi connectivity index (χ1n) is 6.08. The highest BCUT2D eigenvalue weighted by molar-refractivity contribution is 4.79. The predicted octanol–water partition coefficient (Wildman–Crippen LogP) is 1.47. The van der Waals surface area contributed by atoms with Crippen molar-refractivity contribution in [2.45, 2.75) is 38.6 Å². The van der Waals surface area contributed by atoms with Crippen LogP contribution in [-0.2, 0) is 4.74 Å². The summed E-state index contributed by atoms with van der Waals surface area (Å²) in [7, 11) is 2.11. The molecule has 1 aliphatic rings. The molecule has 0 aromatic carbocycles. The van der Waals surface area contributed by atoms with Crippen LogP contribution in [0.4, 0.5) is 0 Å². The summed E-state index contributed by atoms with van der Waals surface area (Å²) in [5, 5.41) is 0. The number of hydrogen-bond donors (Lipinski definition) is 1. The zero-order valence-corrected chi connectivity index (χ0v) is 10.5. The fourth-order valence-corrected chi connectivity index (χ4v) is 1.56. The maximum Gasteiger partial charge on any atom is 0.0593 e. The van der Waals surface area contributed by atoms with Crippen LogP contribution in [0.15, 0.2) is 0 Å². The first-order valence-corrected chi connectivity index (χ1v) is 6.08. The molecule has 1 aliphatic carbocycles. The second-order valence-corrected chi connectivity index (χ2v) is 5.26. The highest BCUT2D eigenvalue weighted by Crippen LogP contribution is 2.28. The molecule has 0 aromatic heterocycles. The third-order valence-electron chi connectivity index (χ3n) is 3.11. The summed E-state index contributed by atoms with van der Waals surface area (Å²) < 4.78 is 5.59. The maximum atomic E-state index is 6.10. The molecule has 1 unspecified atom stereocenters. The molecule has 15 heavy (non-hydrogen) atoms. The molecule has 0 aromatic rings. The van der Waals surface area contributed by atoms with Crippen molar-refractivity contribution in [3.8, 4) is 0 Å². The highest BCUT2D eigenvalue weighted by atomic mass is 16.5. The number of hydrogen-bond acceptors (Lipinski definition) is 3. The summed E-state index contributed by atoms with van der Waals surface area (Å²) in [6, 6.07) is 0. The van der Waals surface area contributed by atoms with Gasteiger partial charge in [-0.05, 0) is 39.2 Å². The van der Waals surface area contributed by atoms with E-state index in [4.69, 9.17) is 10.5 Å². The van der Waals surface area contributed by atoms with E-state index < -0.39 is 0 Å². The summed E-state index contributed by atoms with van der Waals surface area (Å²) >= 11 is 0. The van der Waals surface area contributed by atoms with Crippen molar-refractivity contribution < 1.29 is 4.74 Å². The quantitative estimate of drug-likeness (QED) is 0.622. The van der Waals surface area contributed by atoms with Crippen LogP contribution in [0.25, 0.3) is 0 Å². The molecule has 0 bridgehead atoms. The average Bonchev–Trinajstić information content (AvgIpc) is 2.95. The Morgan fingerprint density at radius 3 is 2.67 bits per heavy atom. The lowest BCUT2D eigenvalue weighted by Gasteiger charge is -2.29. The van der Waals surface area contributed by atoms with Gasteiger partial charge in [-0.15, -0.1) is 0 Å². The molecule has 3 nitrogen and oxygen atoms in total. The Bertz CT molecular complexity index is 178. The van der Waals surface area contributed by atoms with Gasteiger partial charge in [-0.2, -0.15) is 0 Å². The zero-order chi connectivity index (χ0) is 11.3. The van der Waals surface area contributed by atoms with Gasteiger partial charge >= 0.3 is 0 Å². The first kappa shape index (κ1) is 12.9. The molecule has 90 valence electrons. The van der Waals surface area contributed by atoms with Crippen LogP contribution in [0.2, 0.25) is 0 Å². The molecule has 2 N–H and O–H groups in total. The number of rotatable bonds is 8. The van der Waals surface area contributed by atoms with Crippen LogP contribution in [0, 0.1) is 5.92 Å². The Kier molecular flexibility index (Phi) is 5.03. The molecule has 1 rings (SSSR count). The first-order chi connectivity index (χ1) is 7.03. The van der Waals surface area contributed by atoms with E-state index in [-0.39, 0.29) is 5.54 Å². The zero-order valence-electron chi connectivity index (χ0n) is 10.5. The van der Waals surface area contributed by atoms with Gasteiger partial charge in [-0.3, -0.25) is 0 Å². The lowest BCUT2D eigenvalue weighted by Crippen LogP contribution is -2.46. The van der Waals surface area contributed by atoms with Gasteiger partial charge < -0.3 is 15.4 Å². The van der Waals surface area contributed by atoms with E-state index in [9.17, 15) is 0 Å². The van der Waals surface area contributed by atoms with Crippen molar-refractivity contribution in [1.29, 1.82) is 0 Å². The molecule has 0 saturated heterocycles. The topological polar surface area (TPSA) is 38.5 Å². The lowest BCUT2D eigenvalue weighted by atomic mass is 10.0. The second-order valence-electron chi connectivity index (χ2n) is 5.26. The van der Waals surface area contributed by atoms with E-state index >= 15 is 0 Å². The molecule has 1 fully saturated rings. The summed E-state index contributed by atoms with van der Waals surface area (Å²) in [4.78, 5) is 2.26. The van der Waals surface area contributed by atoms with E-state index in [1.807, 2.05) is 0 Å². The fourth-order valence-electron chi connectivity index (χ4n) is 1.56. The second kappa shape index (κ2) is 5.83. The highest BCUT2D eigenvalue weighted by Gasteiger charge is 2.21. The molecule has 3 heteroatoms. The number of ether oxygens (including phenoxy) is 1. The molecule has 0 heterocycles. The summed E-state index contributed by atoms with van der Waals surface area (Å²) in [6.07, 6.45) is 3.75. The Hall–Kier alpha value is -0.120. The number of likely N-dealkylation sites (N-methyl/N-ethyl adjacent to an activating group) is 1. The normalized spacial score (nSPS) is 20.6. The molecule has 1 saturated carbocycles. The van der Waals surface area contributed by atoms with Gasteiger partial charge in [0, 0.05) is 25.2 Å². The minimum atomic E-state index is -0.0642. The third-order valence-corrected chi connectivity index (χ3v) is 3.11. The van der Waals surface area contributed by atoms with Gasteiger partial charge in [0.25, 0.3) is 0 Å². The van der Waals surface area contributed by atoms with E-state index in [1.54, 1.807) is 0 Å². The van der Waals surface area contributed by atoms with Crippen molar-refractivity contribution in [3.05, 3.63) is 0 Å². The minimum Gasteiger partial charge on any atom is -0.380 e. The Labute approximate surface area is 94.0 Å². The Morgan fingerprint density at radius 1 is 1.47 bits per heavy atom. The van der Waals surface area contributed by atoms with E-state index in [0.717, 1.165) is 38.6 Å². The molecule has 1 atom stereocenters. The standard InChI is InChI=1S/C12H26N2O/c1-4-12(2,13)10-14(3)7-8-15-9-11-5-6-11/h11H,4-10,13H2,1-3H3. The third kappa shape index (κ3) is 6.13. The summed E-state index contributed by atoms with van der Waals surface area (Å²) in [5.74, 6) is 0.866. The summed E-state index contributed by atoms with van der Waals surface area (Å²) in [6.45, 7) is 7.97. The molecule has 0 amide bonds.